The minimum atomic E-state index is -3.22. The van der Waals surface area contributed by atoms with Gasteiger partial charge in [0.15, 0.2) is 0 Å². The molecule has 0 unspecified atom stereocenters. The molecule has 0 aromatic heterocycles. The molecule has 3 nitrogen and oxygen atoms in total. The molecule has 18 heavy (non-hydrogen) atoms. The molecule has 0 N–H and O–H groups in total. The zero-order chi connectivity index (χ0) is 13.6. The number of rotatable bonds is 7. The van der Waals surface area contributed by atoms with Gasteiger partial charge in [0, 0.05) is 0 Å². The van der Waals surface area contributed by atoms with Gasteiger partial charge in [-0.1, -0.05) is 32.0 Å². The molecule has 0 saturated heterocycles. The fourth-order valence-electron chi connectivity index (χ4n) is 1.38. The van der Waals surface area contributed by atoms with E-state index in [-0.39, 0.29) is 12.2 Å². The Labute approximate surface area is 110 Å². The average molecular weight is 270 g/mol. The van der Waals surface area contributed by atoms with Crippen LogP contribution >= 0.6 is 7.60 Å². The third-order valence-electron chi connectivity index (χ3n) is 2.86. The zero-order valence-corrected chi connectivity index (χ0v) is 12.5. The predicted octanol–water partition coefficient (Wildman–Crippen LogP) is 4.14. The Hall–Kier alpha value is -0.630. The molecular weight excluding hydrogens is 247 g/mol. The van der Waals surface area contributed by atoms with Crippen molar-refractivity contribution >= 4 is 12.9 Å². The van der Waals surface area contributed by atoms with Crippen LogP contribution in [0.5, 0.6) is 0 Å². The van der Waals surface area contributed by atoms with Gasteiger partial charge in [-0.3, -0.25) is 4.57 Å². The van der Waals surface area contributed by atoms with Crippen LogP contribution in [0.2, 0.25) is 0 Å². The van der Waals surface area contributed by atoms with Crippen molar-refractivity contribution in [2.24, 2.45) is 0 Å². The maximum Gasteiger partial charge on any atom is 0.361 e. The van der Waals surface area contributed by atoms with Gasteiger partial charge in [0.05, 0.1) is 17.5 Å². The lowest BCUT2D eigenvalue weighted by molar-refractivity contribution is 0.131. The van der Waals surface area contributed by atoms with Crippen molar-refractivity contribution in [2.75, 3.05) is 0 Å². The van der Waals surface area contributed by atoms with E-state index in [0.717, 1.165) is 12.8 Å². The Morgan fingerprint density at radius 3 is 1.83 bits per heavy atom. The first-order valence-corrected chi connectivity index (χ1v) is 8.08. The van der Waals surface area contributed by atoms with Crippen molar-refractivity contribution in [2.45, 2.75) is 52.7 Å². The molecule has 2 atom stereocenters. The van der Waals surface area contributed by atoms with Crippen molar-refractivity contribution in [3.8, 4) is 0 Å². The topological polar surface area (TPSA) is 35.5 Å². The molecule has 4 heteroatoms. The standard InChI is InChI=1S/C14H23O3P/c1-5-12(3)16-18(15,17-13(4)6-2)14-10-8-7-9-11-14/h7-13H,5-6H2,1-4H3/t12-,13-/m1/s1. The highest BCUT2D eigenvalue weighted by Gasteiger charge is 2.31. The van der Waals surface area contributed by atoms with Gasteiger partial charge in [0.25, 0.3) is 0 Å². The van der Waals surface area contributed by atoms with E-state index >= 15 is 0 Å². The van der Waals surface area contributed by atoms with Gasteiger partial charge >= 0.3 is 7.60 Å². The summed E-state index contributed by atoms with van der Waals surface area (Å²) >= 11 is 0. The maximum absolute atomic E-state index is 12.9. The van der Waals surface area contributed by atoms with Gasteiger partial charge in [-0.05, 0) is 38.8 Å². The summed E-state index contributed by atoms with van der Waals surface area (Å²) in [6.07, 6.45) is 1.45. The largest absolute Gasteiger partial charge is 0.361 e. The number of hydrogen-bond donors (Lipinski definition) is 0. The van der Waals surface area contributed by atoms with E-state index in [0.29, 0.717) is 5.30 Å². The maximum atomic E-state index is 12.9. The summed E-state index contributed by atoms with van der Waals surface area (Å²) in [6.45, 7) is 7.83. The summed E-state index contributed by atoms with van der Waals surface area (Å²) in [5, 5.41) is 0.630. The van der Waals surface area contributed by atoms with Crippen LogP contribution in [0.25, 0.3) is 0 Å². The second-order valence-corrected chi connectivity index (χ2v) is 6.41. The molecule has 0 aliphatic carbocycles. The van der Waals surface area contributed by atoms with Crippen LogP contribution in [0.3, 0.4) is 0 Å². The van der Waals surface area contributed by atoms with Crippen molar-refractivity contribution in [3.05, 3.63) is 30.3 Å². The average Bonchev–Trinajstić information content (AvgIpc) is 2.39. The normalized spacial score (nSPS) is 15.3. The van der Waals surface area contributed by atoms with E-state index in [1.54, 1.807) is 12.1 Å². The van der Waals surface area contributed by atoms with Crippen LogP contribution in [0.4, 0.5) is 0 Å². The zero-order valence-electron chi connectivity index (χ0n) is 11.6. The number of benzene rings is 1. The quantitative estimate of drug-likeness (QED) is 0.699. The molecule has 0 bridgehead atoms. The van der Waals surface area contributed by atoms with E-state index in [1.807, 2.05) is 45.9 Å². The molecule has 102 valence electrons. The molecule has 1 rings (SSSR count). The second kappa shape index (κ2) is 7.08. The van der Waals surface area contributed by atoms with Gasteiger partial charge in [-0.25, -0.2) is 0 Å². The lowest BCUT2D eigenvalue weighted by atomic mass is 10.3. The molecule has 1 aromatic carbocycles. The van der Waals surface area contributed by atoms with Crippen molar-refractivity contribution < 1.29 is 13.6 Å². The monoisotopic (exact) mass is 270 g/mol. The predicted molar refractivity (Wildman–Crippen MR) is 75.4 cm³/mol. The fraction of sp³-hybridized carbons (Fsp3) is 0.571. The molecule has 0 amide bonds. The van der Waals surface area contributed by atoms with Gasteiger partial charge in [0.1, 0.15) is 0 Å². The van der Waals surface area contributed by atoms with E-state index in [9.17, 15) is 4.57 Å². The highest BCUT2D eigenvalue weighted by Crippen LogP contribution is 2.49. The third-order valence-corrected chi connectivity index (χ3v) is 5.07. The molecule has 0 fully saturated rings. The summed E-state index contributed by atoms with van der Waals surface area (Å²) in [7, 11) is -3.22. The second-order valence-electron chi connectivity index (χ2n) is 4.48. The lowest BCUT2D eigenvalue weighted by Gasteiger charge is -2.24. The smallest absolute Gasteiger partial charge is 0.302 e. The van der Waals surface area contributed by atoms with Crippen LogP contribution in [-0.4, -0.2) is 12.2 Å². The summed E-state index contributed by atoms with van der Waals surface area (Å²) in [5.74, 6) is 0. The molecule has 0 radical (unpaired) electrons. The molecule has 1 aromatic rings. The van der Waals surface area contributed by atoms with Crippen LogP contribution in [0.1, 0.15) is 40.5 Å². The third kappa shape index (κ3) is 4.24. The Morgan fingerprint density at radius 1 is 1.00 bits per heavy atom. The van der Waals surface area contributed by atoms with E-state index in [1.165, 1.54) is 0 Å². The fourth-order valence-corrected chi connectivity index (χ4v) is 3.46. The van der Waals surface area contributed by atoms with Gasteiger partial charge in [-0.15, -0.1) is 0 Å². The van der Waals surface area contributed by atoms with E-state index < -0.39 is 7.60 Å². The molecule has 0 heterocycles. The van der Waals surface area contributed by atoms with Crippen LogP contribution < -0.4 is 5.30 Å². The highest BCUT2D eigenvalue weighted by atomic mass is 31.2. The first kappa shape index (κ1) is 15.4. The van der Waals surface area contributed by atoms with Crippen molar-refractivity contribution in [3.63, 3.8) is 0 Å². The molecule has 0 aliphatic heterocycles. The Balaban J connectivity index is 2.98. The molecular formula is C14H23O3P. The van der Waals surface area contributed by atoms with Gasteiger partial charge in [0.2, 0.25) is 0 Å². The van der Waals surface area contributed by atoms with Crippen LogP contribution in [0, 0.1) is 0 Å². The first-order chi connectivity index (χ1) is 8.51. The summed E-state index contributed by atoms with van der Waals surface area (Å²) in [4.78, 5) is 0. The van der Waals surface area contributed by atoms with Gasteiger partial charge in [-0.2, -0.15) is 0 Å². The molecule has 0 aliphatic rings. The van der Waals surface area contributed by atoms with E-state index in [4.69, 9.17) is 9.05 Å². The highest BCUT2D eigenvalue weighted by molar-refractivity contribution is 7.62. The molecule has 0 saturated carbocycles. The van der Waals surface area contributed by atoms with Crippen LogP contribution in [-0.2, 0) is 13.6 Å². The summed E-state index contributed by atoms with van der Waals surface area (Å²) < 4.78 is 24.3. The van der Waals surface area contributed by atoms with Gasteiger partial charge < -0.3 is 9.05 Å². The van der Waals surface area contributed by atoms with Crippen LogP contribution in [0.15, 0.2) is 30.3 Å². The van der Waals surface area contributed by atoms with Crippen molar-refractivity contribution in [1.82, 2.24) is 0 Å². The minimum Gasteiger partial charge on any atom is -0.302 e. The Morgan fingerprint density at radius 2 is 1.44 bits per heavy atom. The summed E-state index contributed by atoms with van der Waals surface area (Å²) in [5.41, 5.74) is 0. The Kier molecular flexibility index (Phi) is 6.07. The summed E-state index contributed by atoms with van der Waals surface area (Å²) in [6, 6.07) is 9.18. The van der Waals surface area contributed by atoms with E-state index in [2.05, 4.69) is 0 Å². The lowest BCUT2D eigenvalue weighted by Crippen LogP contribution is -2.18. The number of hydrogen-bond acceptors (Lipinski definition) is 3. The van der Waals surface area contributed by atoms with Crippen molar-refractivity contribution in [1.29, 1.82) is 0 Å². The first-order valence-electron chi connectivity index (χ1n) is 6.54. The molecule has 0 spiro atoms. The Bertz CT molecular complexity index is 375. The SMILES string of the molecule is CC[C@@H](C)OP(=O)(O[C@H](C)CC)c1ccccc1. The minimum absolute atomic E-state index is 0.0832.